The molecule has 0 spiro atoms. The van der Waals surface area contributed by atoms with Crippen molar-refractivity contribution in [3.63, 3.8) is 0 Å². The molecule has 3 aromatic rings. The number of benzene rings is 2. The predicted molar refractivity (Wildman–Crippen MR) is 108 cm³/mol. The molecular weight excluding hydrogens is 340 g/mol. The van der Waals surface area contributed by atoms with Crippen molar-refractivity contribution in [2.24, 2.45) is 5.10 Å². The summed E-state index contributed by atoms with van der Waals surface area (Å²) in [6.07, 6.45) is 1.64. The van der Waals surface area contributed by atoms with Gasteiger partial charge in [0, 0.05) is 16.8 Å². The van der Waals surface area contributed by atoms with Crippen LogP contribution in [0.5, 0.6) is 5.75 Å². The highest BCUT2D eigenvalue weighted by Gasteiger charge is 2.04. The summed E-state index contributed by atoms with van der Waals surface area (Å²) in [4.78, 5) is 18.7. The van der Waals surface area contributed by atoms with E-state index < -0.39 is 0 Å². The van der Waals surface area contributed by atoms with Gasteiger partial charge in [0.1, 0.15) is 12.4 Å². The molecule has 6 nitrogen and oxygen atoms in total. The van der Waals surface area contributed by atoms with E-state index in [0.29, 0.717) is 23.8 Å². The molecule has 0 aliphatic rings. The molecule has 2 aromatic carbocycles. The largest absolute Gasteiger partial charge is 0.488 e. The van der Waals surface area contributed by atoms with Gasteiger partial charge in [-0.05, 0) is 38.5 Å². The van der Waals surface area contributed by atoms with E-state index in [4.69, 9.17) is 4.74 Å². The van der Waals surface area contributed by atoms with Gasteiger partial charge in [-0.1, -0.05) is 42.0 Å². The normalized spacial score (nSPS) is 10.9. The minimum atomic E-state index is -0.179. The summed E-state index contributed by atoms with van der Waals surface area (Å²) in [5.41, 5.74) is 6.98. The first-order chi connectivity index (χ1) is 13.0. The van der Waals surface area contributed by atoms with Crippen LogP contribution in [0.4, 0.5) is 5.95 Å². The molecule has 0 fully saturated rings. The topological polar surface area (TPSA) is 79.4 Å². The smallest absolute Gasteiger partial charge is 0.255 e. The van der Waals surface area contributed by atoms with Crippen molar-refractivity contribution in [2.75, 3.05) is 5.43 Å². The molecule has 0 aliphatic heterocycles. The number of hydrogen-bond acceptors (Lipinski definition) is 5. The molecule has 0 saturated heterocycles. The molecule has 3 rings (SSSR count). The molecule has 0 bridgehead atoms. The molecular formula is C21H22N4O2. The van der Waals surface area contributed by atoms with E-state index in [-0.39, 0.29) is 5.56 Å². The van der Waals surface area contributed by atoms with Crippen LogP contribution in [0.25, 0.3) is 0 Å². The average molecular weight is 362 g/mol. The highest BCUT2D eigenvalue weighted by Crippen LogP contribution is 2.18. The van der Waals surface area contributed by atoms with Gasteiger partial charge in [0.15, 0.2) is 0 Å². The third-order valence-electron chi connectivity index (χ3n) is 4.20. The van der Waals surface area contributed by atoms with Gasteiger partial charge < -0.3 is 4.74 Å². The van der Waals surface area contributed by atoms with Gasteiger partial charge in [0.05, 0.1) is 6.21 Å². The number of ether oxygens (including phenoxy) is 1. The average Bonchev–Trinajstić information content (AvgIpc) is 2.66. The molecule has 0 saturated carbocycles. The molecule has 0 unspecified atom stereocenters. The maximum atomic E-state index is 11.8. The Bertz CT molecular complexity index is 1010. The Morgan fingerprint density at radius 3 is 2.59 bits per heavy atom. The van der Waals surface area contributed by atoms with Gasteiger partial charge in [-0.2, -0.15) is 5.10 Å². The van der Waals surface area contributed by atoms with E-state index in [1.807, 2.05) is 24.3 Å². The molecule has 1 aromatic heterocycles. The molecule has 2 N–H and O–H groups in total. The van der Waals surface area contributed by atoms with Crippen molar-refractivity contribution >= 4 is 12.2 Å². The molecule has 0 atom stereocenters. The Labute approximate surface area is 157 Å². The molecule has 138 valence electrons. The van der Waals surface area contributed by atoms with Crippen molar-refractivity contribution in [1.29, 1.82) is 0 Å². The van der Waals surface area contributed by atoms with E-state index in [1.54, 1.807) is 20.1 Å². The lowest BCUT2D eigenvalue weighted by atomic mass is 10.1. The number of hydrogen-bond donors (Lipinski definition) is 2. The Morgan fingerprint density at radius 1 is 1.11 bits per heavy atom. The Hall–Kier alpha value is -3.41. The first-order valence-corrected chi connectivity index (χ1v) is 8.67. The van der Waals surface area contributed by atoms with Crippen molar-refractivity contribution in [2.45, 2.75) is 27.4 Å². The summed E-state index contributed by atoms with van der Waals surface area (Å²) in [7, 11) is 0. The van der Waals surface area contributed by atoms with Crippen LogP contribution in [0.15, 0.2) is 58.4 Å². The third kappa shape index (κ3) is 4.82. The number of aryl methyl sites for hydroxylation is 2. The fourth-order valence-corrected chi connectivity index (χ4v) is 2.43. The predicted octanol–water partition coefficient (Wildman–Crippen LogP) is 3.72. The second-order valence-electron chi connectivity index (χ2n) is 6.31. The number of nitrogens with zero attached hydrogens (tertiary/aromatic N) is 2. The maximum Gasteiger partial charge on any atom is 0.255 e. The summed E-state index contributed by atoms with van der Waals surface area (Å²) < 4.78 is 5.93. The van der Waals surface area contributed by atoms with Crippen molar-refractivity contribution in [3.05, 3.63) is 86.8 Å². The lowest BCUT2D eigenvalue weighted by Gasteiger charge is -2.09. The third-order valence-corrected chi connectivity index (χ3v) is 4.20. The van der Waals surface area contributed by atoms with E-state index >= 15 is 0 Å². The Balaban J connectivity index is 1.69. The Morgan fingerprint density at radius 2 is 1.85 bits per heavy atom. The minimum absolute atomic E-state index is 0.179. The number of rotatable bonds is 6. The van der Waals surface area contributed by atoms with Gasteiger partial charge in [-0.3, -0.25) is 9.78 Å². The van der Waals surface area contributed by atoms with Crippen LogP contribution in [-0.4, -0.2) is 16.2 Å². The summed E-state index contributed by atoms with van der Waals surface area (Å²) in [5, 5.41) is 4.16. The number of aromatic amines is 1. The quantitative estimate of drug-likeness (QED) is 0.517. The zero-order valence-corrected chi connectivity index (χ0v) is 15.6. The van der Waals surface area contributed by atoms with E-state index in [1.165, 1.54) is 5.56 Å². The molecule has 0 aliphatic carbocycles. The van der Waals surface area contributed by atoms with Gasteiger partial charge in [-0.25, -0.2) is 10.4 Å². The number of nitrogens with one attached hydrogen (secondary N) is 2. The maximum absolute atomic E-state index is 11.8. The standard InChI is InChI=1S/C21H22N4O2/c1-14-8-10-17(11-9-14)13-27-19-7-5-4-6-18(19)12-22-25-21-23-16(3)15(2)20(26)24-21/h4-12H,13H2,1-3H3,(H2,23,24,25,26)/b22-12-. The monoisotopic (exact) mass is 362 g/mol. The minimum Gasteiger partial charge on any atom is -0.488 e. The second-order valence-corrected chi connectivity index (χ2v) is 6.31. The van der Waals surface area contributed by atoms with Crippen LogP contribution in [-0.2, 0) is 6.61 Å². The van der Waals surface area contributed by atoms with Crippen LogP contribution in [0.1, 0.15) is 27.9 Å². The second kappa shape index (κ2) is 8.31. The zero-order valence-electron chi connectivity index (χ0n) is 15.6. The lowest BCUT2D eigenvalue weighted by molar-refractivity contribution is 0.306. The molecule has 6 heteroatoms. The van der Waals surface area contributed by atoms with E-state index in [2.05, 4.69) is 51.7 Å². The molecule has 27 heavy (non-hydrogen) atoms. The zero-order chi connectivity index (χ0) is 19.2. The highest BCUT2D eigenvalue weighted by atomic mass is 16.5. The summed E-state index contributed by atoms with van der Waals surface area (Å²) >= 11 is 0. The van der Waals surface area contributed by atoms with Crippen molar-refractivity contribution < 1.29 is 4.74 Å². The summed E-state index contributed by atoms with van der Waals surface area (Å²) in [6, 6.07) is 15.9. The number of hydrazone groups is 1. The first-order valence-electron chi connectivity index (χ1n) is 8.67. The van der Waals surface area contributed by atoms with Gasteiger partial charge in [0.25, 0.3) is 5.56 Å². The highest BCUT2D eigenvalue weighted by molar-refractivity contribution is 5.83. The van der Waals surface area contributed by atoms with Gasteiger partial charge in [-0.15, -0.1) is 0 Å². The molecule has 0 amide bonds. The molecule has 0 radical (unpaired) electrons. The fraction of sp³-hybridized carbons (Fsp3) is 0.190. The van der Waals surface area contributed by atoms with Gasteiger partial charge in [0.2, 0.25) is 5.95 Å². The van der Waals surface area contributed by atoms with Crippen molar-refractivity contribution in [3.8, 4) is 5.75 Å². The summed E-state index contributed by atoms with van der Waals surface area (Å²) in [5.74, 6) is 1.03. The van der Waals surface area contributed by atoms with Gasteiger partial charge >= 0.3 is 0 Å². The first kappa shape index (κ1) is 18.4. The van der Waals surface area contributed by atoms with E-state index in [9.17, 15) is 4.79 Å². The number of para-hydroxylation sites is 1. The number of H-pyrrole nitrogens is 1. The summed E-state index contributed by atoms with van der Waals surface area (Å²) in [6.45, 7) is 6.05. The number of aromatic nitrogens is 2. The van der Waals surface area contributed by atoms with E-state index in [0.717, 1.165) is 16.9 Å². The lowest BCUT2D eigenvalue weighted by Crippen LogP contribution is -2.15. The Kier molecular flexibility index (Phi) is 5.66. The van der Waals surface area contributed by atoms with Crippen LogP contribution in [0.3, 0.4) is 0 Å². The molecule has 1 heterocycles. The number of anilines is 1. The van der Waals surface area contributed by atoms with Crippen LogP contribution < -0.4 is 15.7 Å². The fourth-order valence-electron chi connectivity index (χ4n) is 2.43. The van der Waals surface area contributed by atoms with Crippen LogP contribution >= 0.6 is 0 Å². The van der Waals surface area contributed by atoms with Crippen molar-refractivity contribution in [1.82, 2.24) is 9.97 Å². The SMILES string of the molecule is Cc1ccc(COc2ccccc2/C=N\Nc2nc(C)c(C)c(=O)[nH]2)cc1. The van der Waals surface area contributed by atoms with Crippen LogP contribution in [0.2, 0.25) is 0 Å². The van der Waals surface area contributed by atoms with Crippen LogP contribution in [0, 0.1) is 20.8 Å².